The summed E-state index contributed by atoms with van der Waals surface area (Å²) >= 11 is 0. The smallest absolute Gasteiger partial charge is 0.149 e. The Morgan fingerprint density at radius 2 is 2.08 bits per heavy atom. The molecule has 6 N–H and O–H groups in total. The molecule has 25 heavy (non-hydrogen) atoms. The monoisotopic (exact) mass is 342 g/mol. The van der Waals surface area contributed by atoms with Gasteiger partial charge in [-0.15, -0.1) is 0 Å². The van der Waals surface area contributed by atoms with Gasteiger partial charge in [-0.1, -0.05) is 45.4 Å². The molecule has 2 aromatic rings. The van der Waals surface area contributed by atoms with Gasteiger partial charge in [0.1, 0.15) is 11.5 Å². The minimum Gasteiger partial charge on any atom is -0.382 e. The summed E-state index contributed by atoms with van der Waals surface area (Å²) in [5, 5.41) is 4.78. The number of benzene rings is 1. The van der Waals surface area contributed by atoms with Crippen molar-refractivity contribution < 1.29 is 0 Å². The third kappa shape index (κ3) is 3.50. The Kier molecular flexibility index (Phi) is 5.01. The minimum absolute atomic E-state index is 0.0294. The molecule has 3 rings (SSSR count). The largest absolute Gasteiger partial charge is 0.382 e. The van der Waals surface area contributed by atoms with E-state index in [9.17, 15) is 0 Å². The molecule has 1 unspecified atom stereocenters. The van der Waals surface area contributed by atoms with E-state index in [2.05, 4.69) is 53.5 Å². The molecule has 2 heterocycles. The number of hydrazine groups is 1. The zero-order chi connectivity index (χ0) is 18.0. The van der Waals surface area contributed by atoms with Crippen LogP contribution in [-0.2, 0) is 0 Å². The molecule has 0 saturated heterocycles. The maximum absolute atomic E-state index is 6.28. The van der Waals surface area contributed by atoms with Crippen molar-refractivity contribution in [3.63, 3.8) is 0 Å². The van der Waals surface area contributed by atoms with Crippen molar-refractivity contribution in [1.29, 1.82) is 0 Å². The number of hydrogen-bond donors (Lipinski definition) is 4. The van der Waals surface area contributed by atoms with E-state index in [0.717, 1.165) is 36.1 Å². The Hall–Kier alpha value is -2.05. The summed E-state index contributed by atoms with van der Waals surface area (Å²) in [5.41, 5.74) is 12.2. The lowest BCUT2D eigenvalue weighted by molar-refractivity contribution is 0.336. The summed E-state index contributed by atoms with van der Waals surface area (Å²) < 4.78 is 0. The van der Waals surface area contributed by atoms with Gasteiger partial charge in [-0.25, -0.2) is 4.98 Å². The lowest BCUT2D eigenvalue weighted by Gasteiger charge is -2.35. The molecule has 136 valence electrons. The van der Waals surface area contributed by atoms with Gasteiger partial charge in [0.05, 0.1) is 17.4 Å². The van der Waals surface area contributed by atoms with Crippen LogP contribution in [0.15, 0.2) is 24.3 Å². The maximum atomic E-state index is 6.28. The summed E-state index contributed by atoms with van der Waals surface area (Å²) in [6, 6.07) is 8.22. The number of para-hydroxylation sites is 1. The van der Waals surface area contributed by atoms with Gasteiger partial charge < -0.3 is 16.0 Å². The van der Waals surface area contributed by atoms with Crippen molar-refractivity contribution in [2.45, 2.75) is 46.2 Å². The van der Waals surface area contributed by atoms with Crippen LogP contribution in [-0.4, -0.2) is 24.2 Å². The quantitative estimate of drug-likeness (QED) is 0.456. The lowest BCUT2D eigenvalue weighted by Crippen LogP contribution is -2.46. The molecule has 0 aliphatic carbocycles. The number of nitrogens with zero attached hydrogens (tertiary/aromatic N) is 2. The average molecular weight is 342 g/mol. The van der Waals surface area contributed by atoms with Gasteiger partial charge in [0, 0.05) is 18.5 Å². The van der Waals surface area contributed by atoms with Gasteiger partial charge >= 0.3 is 0 Å². The first-order valence-corrected chi connectivity index (χ1v) is 9.11. The molecule has 6 nitrogen and oxygen atoms in total. The van der Waals surface area contributed by atoms with Crippen molar-refractivity contribution in [2.24, 2.45) is 11.3 Å². The molecule has 0 saturated carbocycles. The molecule has 0 bridgehead atoms. The number of hydrogen-bond acceptors (Lipinski definition) is 6. The second-order valence-corrected chi connectivity index (χ2v) is 7.71. The van der Waals surface area contributed by atoms with Crippen molar-refractivity contribution in [3.05, 3.63) is 24.3 Å². The van der Waals surface area contributed by atoms with E-state index in [4.69, 9.17) is 11.6 Å². The minimum atomic E-state index is 0.0294. The van der Waals surface area contributed by atoms with E-state index in [1.807, 2.05) is 12.1 Å². The third-order valence-corrected chi connectivity index (χ3v) is 4.88. The van der Waals surface area contributed by atoms with Crippen molar-refractivity contribution >= 4 is 28.1 Å². The van der Waals surface area contributed by atoms with Crippen LogP contribution in [0.5, 0.6) is 0 Å². The number of rotatable bonds is 7. The number of aromatic nitrogens is 1. The fourth-order valence-corrected chi connectivity index (χ4v) is 3.66. The Labute approximate surface area is 149 Å². The van der Waals surface area contributed by atoms with Crippen LogP contribution >= 0.6 is 0 Å². The molecular weight excluding hydrogens is 312 g/mol. The zero-order valence-corrected chi connectivity index (χ0v) is 15.5. The zero-order valence-electron chi connectivity index (χ0n) is 15.5. The number of nitrogens with one attached hydrogen (secondary N) is 2. The van der Waals surface area contributed by atoms with Gasteiger partial charge in [-0.2, -0.15) is 0 Å². The van der Waals surface area contributed by atoms with Gasteiger partial charge in [-0.3, -0.25) is 11.3 Å². The third-order valence-electron chi connectivity index (χ3n) is 4.88. The predicted molar refractivity (Wildman–Crippen MR) is 106 cm³/mol. The number of nitrogens with two attached hydrogens (primary N) is 2. The van der Waals surface area contributed by atoms with Crippen LogP contribution in [0.2, 0.25) is 0 Å². The molecule has 0 radical (unpaired) electrons. The summed E-state index contributed by atoms with van der Waals surface area (Å²) in [6.07, 6.45) is 3.65. The molecular formula is C19H30N6. The Morgan fingerprint density at radius 1 is 1.32 bits per heavy atom. The van der Waals surface area contributed by atoms with Crippen LogP contribution in [0.3, 0.4) is 0 Å². The molecule has 1 atom stereocenters. The van der Waals surface area contributed by atoms with Gasteiger partial charge in [0.25, 0.3) is 0 Å². The second-order valence-electron chi connectivity index (χ2n) is 7.71. The van der Waals surface area contributed by atoms with Crippen molar-refractivity contribution in [3.8, 4) is 0 Å². The van der Waals surface area contributed by atoms with Crippen molar-refractivity contribution in [2.75, 3.05) is 29.0 Å². The highest BCUT2D eigenvalue weighted by Crippen LogP contribution is 2.45. The van der Waals surface area contributed by atoms with E-state index in [-0.39, 0.29) is 11.6 Å². The van der Waals surface area contributed by atoms with Crippen molar-refractivity contribution in [1.82, 2.24) is 10.4 Å². The van der Waals surface area contributed by atoms with E-state index < -0.39 is 0 Å². The number of unbranched alkanes of at least 4 members (excludes halogenated alkanes) is 1. The number of anilines is 3. The fraction of sp³-hybridized carbons (Fsp3) is 0.526. The topological polar surface area (TPSA) is 92.2 Å². The Morgan fingerprint density at radius 3 is 2.80 bits per heavy atom. The van der Waals surface area contributed by atoms with E-state index in [0.29, 0.717) is 5.82 Å². The number of fused-ring (bicyclic) bond motifs is 3. The Bertz CT molecular complexity index is 742. The highest BCUT2D eigenvalue weighted by molar-refractivity contribution is 6.04. The standard InChI is InChI=1S/C19H30N6/c1-4-5-10-15-24-16-17(25(15)12-19(2,3)11-22-21)13-8-6-7-9-14(13)23-18(16)20/h6-9,15,22,24H,4-5,10-12,21H2,1-3H3,(H2,20,23). The Balaban J connectivity index is 2.06. The van der Waals surface area contributed by atoms with Crippen LogP contribution in [0.4, 0.5) is 17.2 Å². The molecule has 1 aromatic carbocycles. The van der Waals surface area contributed by atoms with E-state index in [1.54, 1.807) is 0 Å². The lowest BCUT2D eigenvalue weighted by atomic mass is 9.92. The molecule has 0 spiro atoms. The highest BCUT2D eigenvalue weighted by Gasteiger charge is 2.35. The summed E-state index contributed by atoms with van der Waals surface area (Å²) in [5.74, 6) is 6.18. The fourth-order valence-electron chi connectivity index (χ4n) is 3.66. The molecule has 1 aliphatic rings. The first kappa shape index (κ1) is 17.8. The van der Waals surface area contributed by atoms with Gasteiger partial charge in [0.2, 0.25) is 0 Å². The first-order chi connectivity index (χ1) is 12.0. The van der Waals surface area contributed by atoms with E-state index >= 15 is 0 Å². The van der Waals surface area contributed by atoms with Gasteiger partial charge in [0.15, 0.2) is 0 Å². The van der Waals surface area contributed by atoms with E-state index in [1.165, 1.54) is 18.5 Å². The first-order valence-electron chi connectivity index (χ1n) is 9.11. The summed E-state index contributed by atoms with van der Waals surface area (Å²) in [7, 11) is 0. The summed E-state index contributed by atoms with van der Waals surface area (Å²) in [4.78, 5) is 7.05. The van der Waals surface area contributed by atoms with Crippen LogP contribution in [0.25, 0.3) is 10.9 Å². The maximum Gasteiger partial charge on any atom is 0.149 e. The van der Waals surface area contributed by atoms with Gasteiger partial charge in [-0.05, 0) is 24.3 Å². The molecule has 0 fully saturated rings. The van der Waals surface area contributed by atoms with Crippen LogP contribution < -0.4 is 27.2 Å². The predicted octanol–water partition coefficient (Wildman–Crippen LogP) is 3.05. The van der Waals surface area contributed by atoms with Crippen LogP contribution in [0, 0.1) is 5.41 Å². The van der Waals surface area contributed by atoms with Crippen LogP contribution in [0.1, 0.15) is 40.0 Å². The highest BCUT2D eigenvalue weighted by atomic mass is 15.3. The SMILES string of the molecule is CCCCC1Nc2c(N)nc3ccccc3c2N1CC(C)(C)CNN. The normalized spacial score (nSPS) is 17.0. The molecule has 1 aliphatic heterocycles. The number of pyridine rings is 1. The summed E-state index contributed by atoms with van der Waals surface area (Å²) in [6.45, 7) is 8.32. The number of nitrogen functional groups attached to an aromatic ring is 1. The molecule has 0 amide bonds. The average Bonchev–Trinajstić information content (AvgIpc) is 2.91. The molecule has 1 aromatic heterocycles. The molecule has 6 heteroatoms. The second kappa shape index (κ2) is 7.06.